The highest BCUT2D eigenvalue weighted by Gasteiger charge is 2.32. The summed E-state index contributed by atoms with van der Waals surface area (Å²) in [4.78, 5) is 23.4. The zero-order valence-electron chi connectivity index (χ0n) is 19.6. The summed E-state index contributed by atoms with van der Waals surface area (Å²) in [6, 6.07) is 14.9. The molecule has 0 bridgehead atoms. The van der Waals surface area contributed by atoms with Crippen molar-refractivity contribution in [3.05, 3.63) is 82.4 Å². The van der Waals surface area contributed by atoms with Gasteiger partial charge < -0.3 is 29.4 Å². The quantitative estimate of drug-likeness (QED) is 0.307. The van der Waals surface area contributed by atoms with Crippen molar-refractivity contribution in [1.29, 1.82) is 0 Å². The second-order valence-corrected chi connectivity index (χ2v) is 8.53. The van der Waals surface area contributed by atoms with Crippen molar-refractivity contribution in [2.75, 3.05) is 13.2 Å². The van der Waals surface area contributed by atoms with E-state index in [2.05, 4.69) is 10.1 Å². The van der Waals surface area contributed by atoms with E-state index in [1.807, 2.05) is 0 Å². The minimum absolute atomic E-state index is 0.0899. The molecule has 1 unspecified atom stereocenters. The molecule has 3 aromatic carbocycles. The number of rotatable bonds is 8. The molecular weight excluding hydrogens is 531 g/mol. The fourth-order valence-electron chi connectivity index (χ4n) is 3.83. The standard InChI is InChI=1S/C26H21ClF3NO7/c27-19-13-18-21(37-25(33)34)10-12-35-22(18)14-23(19)36-17-7-5-16(6-8-17)24(32)31-11-9-15-3-1-2-4-20(15)38-26(28,29)30/h1-8,13-14,21H,9-12H2,(H,31,32)(H,33,34). The number of carboxylic acid groups (broad SMARTS) is 1. The molecule has 38 heavy (non-hydrogen) atoms. The normalized spacial score (nSPS) is 14.6. The van der Waals surface area contributed by atoms with Gasteiger partial charge >= 0.3 is 12.5 Å². The molecule has 0 radical (unpaired) electrons. The Morgan fingerprint density at radius 2 is 1.82 bits per heavy atom. The maximum atomic E-state index is 12.6. The Morgan fingerprint density at radius 1 is 1.08 bits per heavy atom. The number of halogens is 4. The third-order valence-electron chi connectivity index (χ3n) is 5.51. The molecule has 0 fully saturated rings. The minimum Gasteiger partial charge on any atom is -0.493 e. The van der Waals surface area contributed by atoms with E-state index in [0.29, 0.717) is 34.6 Å². The Balaban J connectivity index is 1.36. The largest absolute Gasteiger partial charge is 0.573 e. The number of hydrogen-bond donors (Lipinski definition) is 2. The average molecular weight is 552 g/mol. The predicted molar refractivity (Wildman–Crippen MR) is 129 cm³/mol. The Morgan fingerprint density at radius 3 is 2.53 bits per heavy atom. The summed E-state index contributed by atoms with van der Waals surface area (Å²) < 4.78 is 58.0. The van der Waals surface area contributed by atoms with Crippen molar-refractivity contribution < 1.29 is 46.8 Å². The fraction of sp³-hybridized carbons (Fsp3) is 0.231. The summed E-state index contributed by atoms with van der Waals surface area (Å²) in [7, 11) is 0. The van der Waals surface area contributed by atoms with Gasteiger partial charge in [0.15, 0.2) is 0 Å². The van der Waals surface area contributed by atoms with Crippen LogP contribution in [0, 0.1) is 0 Å². The molecule has 0 aromatic heterocycles. The highest BCUT2D eigenvalue weighted by Crippen LogP contribution is 2.42. The molecule has 3 aromatic rings. The van der Waals surface area contributed by atoms with Gasteiger partial charge in [-0.1, -0.05) is 29.8 Å². The number of carbonyl (C=O) groups is 2. The number of carbonyl (C=O) groups excluding carboxylic acids is 1. The lowest BCUT2D eigenvalue weighted by molar-refractivity contribution is -0.274. The van der Waals surface area contributed by atoms with Crippen molar-refractivity contribution in [1.82, 2.24) is 5.32 Å². The second kappa shape index (κ2) is 11.5. The fourth-order valence-corrected chi connectivity index (χ4v) is 4.04. The van der Waals surface area contributed by atoms with Gasteiger partial charge in [0.25, 0.3) is 5.91 Å². The molecule has 200 valence electrons. The SMILES string of the molecule is O=C(O)OC1CCOc2cc(Oc3ccc(C(=O)NCCc4ccccc4OC(F)(F)F)cc3)c(Cl)cc21. The van der Waals surface area contributed by atoms with Crippen LogP contribution in [-0.4, -0.2) is 36.7 Å². The maximum absolute atomic E-state index is 12.6. The topological polar surface area (TPSA) is 103 Å². The van der Waals surface area contributed by atoms with Crippen LogP contribution in [-0.2, 0) is 11.2 Å². The molecule has 12 heteroatoms. The van der Waals surface area contributed by atoms with Crippen molar-refractivity contribution in [2.45, 2.75) is 25.3 Å². The predicted octanol–water partition coefficient (Wildman–Crippen LogP) is 6.52. The number of fused-ring (bicyclic) bond motifs is 1. The Kier molecular flexibility index (Phi) is 8.16. The molecule has 0 spiro atoms. The Labute approximate surface area is 219 Å². The first-order valence-corrected chi connectivity index (χ1v) is 11.7. The van der Waals surface area contributed by atoms with Gasteiger partial charge in [-0.05, 0) is 48.4 Å². The molecule has 8 nitrogen and oxygen atoms in total. The maximum Gasteiger partial charge on any atom is 0.573 e. The van der Waals surface area contributed by atoms with Crippen LogP contribution in [0.2, 0.25) is 5.02 Å². The highest BCUT2D eigenvalue weighted by atomic mass is 35.5. The second-order valence-electron chi connectivity index (χ2n) is 8.12. The first-order valence-electron chi connectivity index (χ1n) is 11.3. The van der Waals surface area contributed by atoms with Crippen LogP contribution in [0.5, 0.6) is 23.0 Å². The molecule has 0 saturated carbocycles. The molecular formula is C26H21ClF3NO7. The van der Waals surface area contributed by atoms with Gasteiger partial charge in [-0.3, -0.25) is 4.79 Å². The molecule has 2 N–H and O–H groups in total. The van der Waals surface area contributed by atoms with E-state index in [1.165, 1.54) is 42.5 Å². The van der Waals surface area contributed by atoms with Gasteiger partial charge in [-0.15, -0.1) is 13.2 Å². The van der Waals surface area contributed by atoms with Crippen LogP contribution in [0.1, 0.15) is 34.0 Å². The molecule has 1 amide bonds. The van der Waals surface area contributed by atoms with E-state index in [4.69, 9.17) is 30.9 Å². The highest BCUT2D eigenvalue weighted by molar-refractivity contribution is 6.32. The molecule has 0 aliphatic carbocycles. The summed E-state index contributed by atoms with van der Waals surface area (Å²) in [6.45, 7) is 0.351. The van der Waals surface area contributed by atoms with E-state index in [9.17, 15) is 22.8 Å². The molecule has 0 saturated heterocycles. The van der Waals surface area contributed by atoms with Crippen molar-refractivity contribution in [3.63, 3.8) is 0 Å². The first-order chi connectivity index (χ1) is 18.1. The van der Waals surface area contributed by atoms with Crippen LogP contribution in [0.25, 0.3) is 0 Å². The Hall–Kier alpha value is -4.12. The number of alkyl halides is 3. The van der Waals surface area contributed by atoms with Crippen LogP contribution in [0.4, 0.5) is 18.0 Å². The van der Waals surface area contributed by atoms with Crippen molar-refractivity contribution in [3.8, 4) is 23.0 Å². The summed E-state index contributed by atoms with van der Waals surface area (Å²) in [6.07, 6.45) is -6.42. The van der Waals surface area contributed by atoms with E-state index >= 15 is 0 Å². The summed E-state index contributed by atoms with van der Waals surface area (Å²) in [5.41, 5.74) is 1.11. The van der Waals surface area contributed by atoms with Gasteiger partial charge in [0.1, 0.15) is 29.1 Å². The third kappa shape index (κ3) is 7.00. The zero-order valence-corrected chi connectivity index (χ0v) is 20.3. The lowest BCUT2D eigenvalue weighted by Crippen LogP contribution is -2.26. The van der Waals surface area contributed by atoms with Gasteiger partial charge in [0.2, 0.25) is 0 Å². The number of benzene rings is 3. The lowest BCUT2D eigenvalue weighted by Gasteiger charge is -2.25. The van der Waals surface area contributed by atoms with Gasteiger partial charge in [-0.25, -0.2) is 4.79 Å². The van der Waals surface area contributed by atoms with E-state index in [0.717, 1.165) is 0 Å². The first kappa shape index (κ1) is 26.9. The summed E-state index contributed by atoms with van der Waals surface area (Å²) >= 11 is 6.33. The van der Waals surface area contributed by atoms with E-state index < -0.39 is 24.5 Å². The minimum atomic E-state index is -4.81. The molecule has 1 heterocycles. The smallest absolute Gasteiger partial charge is 0.493 e. The average Bonchev–Trinajstić information content (AvgIpc) is 2.85. The van der Waals surface area contributed by atoms with Gasteiger partial charge in [-0.2, -0.15) is 0 Å². The van der Waals surface area contributed by atoms with Crippen LogP contribution in [0.15, 0.2) is 60.7 Å². The van der Waals surface area contributed by atoms with Gasteiger partial charge in [0.05, 0.1) is 11.6 Å². The zero-order chi connectivity index (χ0) is 27.3. The molecule has 1 atom stereocenters. The van der Waals surface area contributed by atoms with Crippen molar-refractivity contribution >= 4 is 23.7 Å². The van der Waals surface area contributed by atoms with Crippen LogP contribution >= 0.6 is 11.6 Å². The summed E-state index contributed by atoms with van der Waals surface area (Å²) in [5, 5.41) is 11.8. The van der Waals surface area contributed by atoms with Crippen molar-refractivity contribution in [2.24, 2.45) is 0 Å². The Bertz CT molecular complexity index is 1320. The van der Waals surface area contributed by atoms with Crippen LogP contribution in [0.3, 0.4) is 0 Å². The molecule has 1 aliphatic heterocycles. The number of ether oxygens (including phenoxy) is 4. The molecule has 1 aliphatic rings. The summed E-state index contributed by atoms with van der Waals surface area (Å²) in [5.74, 6) is 0.289. The van der Waals surface area contributed by atoms with Gasteiger partial charge in [0, 0.05) is 30.2 Å². The third-order valence-corrected chi connectivity index (χ3v) is 5.81. The van der Waals surface area contributed by atoms with E-state index in [-0.39, 0.29) is 36.1 Å². The molecule has 4 rings (SSSR count). The number of amides is 1. The van der Waals surface area contributed by atoms with Crippen LogP contribution < -0.4 is 19.5 Å². The number of nitrogens with one attached hydrogen (secondary N) is 1. The van der Waals surface area contributed by atoms with E-state index in [1.54, 1.807) is 18.2 Å². The lowest BCUT2D eigenvalue weighted by atomic mass is 10.0. The number of hydrogen-bond acceptors (Lipinski definition) is 6. The monoisotopic (exact) mass is 551 g/mol. The number of para-hydroxylation sites is 1.